The van der Waals surface area contributed by atoms with E-state index in [1.807, 2.05) is 12.1 Å². The number of halogens is 1. The third kappa shape index (κ3) is 3.00. The van der Waals surface area contributed by atoms with Crippen LogP contribution in [0.1, 0.15) is 27.9 Å². The van der Waals surface area contributed by atoms with Gasteiger partial charge in [0.05, 0.1) is 0 Å². The van der Waals surface area contributed by atoms with E-state index < -0.39 is 0 Å². The topological polar surface area (TPSA) is 30.0 Å². The van der Waals surface area contributed by atoms with Crippen molar-refractivity contribution < 1.29 is 9.18 Å². The van der Waals surface area contributed by atoms with Gasteiger partial charge in [0.15, 0.2) is 5.78 Å². The number of nitrogens with zero attached hydrogens (tertiary/aromatic N) is 1. The maximum absolute atomic E-state index is 12.9. The normalized spacial score (nSPS) is 10.3. The standard InChI is InChI=1S/C15H14FNO/c1-11-10-13(16)3-4-14(11)15(18)5-2-12-6-8-17-9-7-12/h3-4,6-10H,2,5H2,1H3. The van der Waals surface area contributed by atoms with Crippen LogP contribution in [0.3, 0.4) is 0 Å². The molecule has 0 fully saturated rings. The molecule has 0 N–H and O–H groups in total. The number of benzene rings is 1. The van der Waals surface area contributed by atoms with Gasteiger partial charge in [-0.3, -0.25) is 9.78 Å². The molecule has 0 aliphatic carbocycles. The van der Waals surface area contributed by atoms with Gasteiger partial charge in [-0.25, -0.2) is 4.39 Å². The zero-order valence-electron chi connectivity index (χ0n) is 10.2. The van der Waals surface area contributed by atoms with Crippen molar-refractivity contribution in [3.05, 3.63) is 65.2 Å². The summed E-state index contributed by atoms with van der Waals surface area (Å²) in [5.74, 6) is -0.262. The lowest BCUT2D eigenvalue weighted by molar-refractivity contribution is 0.0982. The average Bonchev–Trinajstić information content (AvgIpc) is 2.37. The zero-order valence-corrected chi connectivity index (χ0v) is 10.2. The number of hydrogen-bond acceptors (Lipinski definition) is 2. The van der Waals surface area contributed by atoms with Crippen molar-refractivity contribution in [2.24, 2.45) is 0 Å². The van der Waals surface area contributed by atoms with Crippen LogP contribution in [0.5, 0.6) is 0 Å². The van der Waals surface area contributed by atoms with E-state index in [-0.39, 0.29) is 11.6 Å². The average molecular weight is 243 g/mol. The summed E-state index contributed by atoms with van der Waals surface area (Å²) < 4.78 is 12.9. The van der Waals surface area contributed by atoms with Crippen molar-refractivity contribution in [1.82, 2.24) is 4.98 Å². The molecule has 3 heteroatoms. The van der Waals surface area contributed by atoms with Gasteiger partial charge in [0.25, 0.3) is 0 Å². The molecule has 0 aliphatic rings. The number of carbonyl (C=O) groups is 1. The van der Waals surface area contributed by atoms with Crippen LogP contribution in [0.15, 0.2) is 42.7 Å². The third-order valence-corrected chi connectivity index (χ3v) is 2.88. The largest absolute Gasteiger partial charge is 0.294 e. The maximum Gasteiger partial charge on any atom is 0.163 e. The van der Waals surface area contributed by atoms with Crippen LogP contribution >= 0.6 is 0 Å². The van der Waals surface area contributed by atoms with Crippen molar-refractivity contribution in [1.29, 1.82) is 0 Å². The highest BCUT2D eigenvalue weighted by Crippen LogP contribution is 2.14. The monoisotopic (exact) mass is 243 g/mol. The fraction of sp³-hybridized carbons (Fsp3) is 0.200. The number of pyridine rings is 1. The molecule has 0 radical (unpaired) electrons. The first kappa shape index (κ1) is 12.4. The number of ketones is 1. The number of carbonyl (C=O) groups excluding carboxylic acids is 1. The molecule has 92 valence electrons. The second-order valence-corrected chi connectivity index (χ2v) is 4.24. The van der Waals surface area contributed by atoms with Gasteiger partial charge in [0, 0.05) is 24.4 Å². The van der Waals surface area contributed by atoms with Gasteiger partial charge in [0.2, 0.25) is 0 Å². The Bertz CT molecular complexity index is 552. The van der Waals surface area contributed by atoms with E-state index in [0.29, 0.717) is 24.0 Å². The molecular formula is C15H14FNO. The summed E-state index contributed by atoms with van der Waals surface area (Å²) in [6.07, 6.45) is 4.53. The van der Waals surface area contributed by atoms with E-state index in [9.17, 15) is 9.18 Å². The summed E-state index contributed by atoms with van der Waals surface area (Å²) in [7, 11) is 0. The Kier molecular flexibility index (Phi) is 3.82. The number of aromatic nitrogens is 1. The SMILES string of the molecule is Cc1cc(F)ccc1C(=O)CCc1ccncc1. The van der Waals surface area contributed by atoms with E-state index >= 15 is 0 Å². The molecule has 1 aromatic carbocycles. The Balaban J connectivity index is 2.04. The first-order chi connectivity index (χ1) is 8.66. The van der Waals surface area contributed by atoms with Crippen molar-refractivity contribution in [3.8, 4) is 0 Å². The molecule has 0 aliphatic heterocycles. The summed E-state index contributed by atoms with van der Waals surface area (Å²) in [6, 6.07) is 8.06. The lowest BCUT2D eigenvalue weighted by Crippen LogP contribution is -2.04. The van der Waals surface area contributed by atoms with Gasteiger partial charge in [-0.1, -0.05) is 0 Å². The number of aryl methyl sites for hydroxylation is 2. The van der Waals surface area contributed by atoms with Crippen molar-refractivity contribution in [2.45, 2.75) is 19.8 Å². The first-order valence-corrected chi connectivity index (χ1v) is 5.85. The fourth-order valence-electron chi connectivity index (χ4n) is 1.88. The molecule has 0 saturated heterocycles. The Morgan fingerprint density at radius 3 is 2.61 bits per heavy atom. The van der Waals surface area contributed by atoms with E-state index in [2.05, 4.69) is 4.98 Å². The fourth-order valence-corrected chi connectivity index (χ4v) is 1.88. The second-order valence-electron chi connectivity index (χ2n) is 4.24. The molecule has 0 atom stereocenters. The maximum atomic E-state index is 12.9. The number of rotatable bonds is 4. The first-order valence-electron chi connectivity index (χ1n) is 5.85. The minimum atomic E-state index is -0.307. The minimum absolute atomic E-state index is 0.0457. The van der Waals surface area contributed by atoms with E-state index in [0.717, 1.165) is 5.56 Å². The van der Waals surface area contributed by atoms with Gasteiger partial charge in [0.1, 0.15) is 5.82 Å². The Morgan fingerprint density at radius 2 is 1.94 bits per heavy atom. The molecule has 1 aromatic heterocycles. The summed E-state index contributed by atoms with van der Waals surface area (Å²) in [4.78, 5) is 15.9. The molecule has 0 bridgehead atoms. The highest BCUT2D eigenvalue weighted by Gasteiger charge is 2.09. The van der Waals surface area contributed by atoms with Gasteiger partial charge < -0.3 is 0 Å². The minimum Gasteiger partial charge on any atom is -0.294 e. The van der Waals surface area contributed by atoms with Gasteiger partial charge in [-0.15, -0.1) is 0 Å². The van der Waals surface area contributed by atoms with Crippen LogP contribution in [0.4, 0.5) is 4.39 Å². The van der Waals surface area contributed by atoms with E-state index in [1.54, 1.807) is 25.4 Å². The molecule has 2 rings (SSSR count). The summed E-state index contributed by atoms with van der Waals surface area (Å²) >= 11 is 0. The molecule has 0 spiro atoms. The van der Waals surface area contributed by atoms with Crippen LogP contribution in [-0.4, -0.2) is 10.8 Å². The van der Waals surface area contributed by atoms with Crippen molar-refractivity contribution in [2.75, 3.05) is 0 Å². The van der Waals surface area contributed by atoms with E-state index in [1.165, 1.54) is 12.1 Å². The smallest absolute Gasteiger partial charge is 0.163 e. The molecule has 0 unspecified atom stereocenters. The van der Waals surface area contributed by atoms with Gasteiger partial charge in [-0.2, -0.15) is 0 Å². The Morgan fingerprint density at radius 1 is 1.22 bits per heavy atom. The summed E-state index contributed by atoms with van der Waals surface area (Å²) in [5, 5.41) is 0. The van der Waals surface area contributed by atoms with Crippen LogP contribution in [0.25, 0.3) is 0 Å². The van der Waals surface area contributed by atoms with E-state index in [4.69, 9.17) is 0 Å². The molecule has 0 amide bonds. The highest BCUT2D eigenvalue weighted by molar-refractivity contribution is 5.97. The Labute approximate surface area is 105 Å². The van der Waals surface area contributed by atoms with Gasteiger partial charge in [-0.05, 0) is 54.8 Å². The lowest BCUT2D eigenvalue weighted by Gasteiger charge is -2.05. The molecule has 0 saturated carbocycles. The molecule has 18 heavy (non-hydrogen) atoms. The lowest BCUT2D eigenvalue weighted by atomic mass is 9.99. The molecular weight excluding hydrogens is 229 g/mol. The van der Waals surface area contributed by atoms with Crippen LogP contribution < -0.4 is 0 Å². The van der Waals surface area contributed by atoms with Crippen LogP contribution in [-0.2, 0) is 6.42 Å². The predicted molar refractivity (Wildman–Crippen MR) is 68.0 cm³/mol. The highest BCUT2D eigenvalue weighted by atomic mass is 19.1. The molecule has 2 nitrogen and oxygen atoms in total. The Hall–Kier alpha value is -2.03. The predicted octanol–water partition coefficient (Wildman–Crippen LogP) is 3.34. The van der Waals surface area contributed by atoms with Crippen molar-refractivity contribution >= 4 is 5.78 Å². The van der Waals surface area contributed by atoms with Crippen molar-refractivity contribution in [3.63, 3.8) is 0 Å². The molecule has 2 aromatic rings. The number of hydrogen-bond donors (Lipinski definition) is 0. The summed E-state index contributed by atoms with van der Waals surface area (Å²) in [5.41, 5.74) is 2.37. The number of Topliss-reactive ketones (excluding diaryl/α,β-unsaturated/α-hetero) is 1. The third-order valence-electron chi connectivity index (χ3n) is 2.88. The van der Waals surface area contributed by atoms with Crippen LogP contribution in [0.2, 0.25) is 0 Å². The van der Waals surface area contributed by atoms with Gasteiger partial charge >= 0.3 is 0 Å². The molecule has 1 heterocycles. The second kappa shape index (κ2) is 5.54. The quantitative estimate of drug-likeness (QED) is 0.771. The zero-order chi connectivity index (χ0) is 13.0. The summed E-state index contributed by atoms with van der Waals surface area (Å²) in [6.45, 7) is 1.75. The van der Waals surface area contributed by atoms with Crippen LogP contribution in [0, 0.1) is 12.7 Å².